The molecule has 18 heavy (non-hydrogen) atoms. The second-order valence-corrected chi connectivity index (χ2v) is 5.39. The molecule has 2 N–H and O–H groups in total. The minimum Gasteiger partial charge on any atom is -0.326 e. The van der Waals surface area contributed by atoms with Crippen molar-refractivity contribution >= 4 is 46.4 Å². The van der Waals surface area contributed by atoms with Crippen molar-refractivity contribution in [3.63, 3.8) is 0 Å². The molecule has 94 valence electrons. The van der Waals surface area contributed by atoms with Gasteiger partial charge in [0.15, 0.2) is 0 Å². The highest BCUT2D eigenvalue weighted by Crippen LogP contribution is 2.36. The molecule has 0 radical (unpaired) electrons. The average molecular weight is 321 g/mol. The predicted octanol–water partition coefficient (Wildman–Crippen LogP) is 5.43. The van der Waals surface area contributed by atoms with Crippen LogP contribution in [0.1, 0.15) is 5.56 Å². The summed E-state index contributed by atoms with van der Waals surface area (Å²) in [4.78, 5) is 0. The molecular weight excluding hydrogens is 312 g/mol. The first kappa shape index (κ1) is 14.0. The van der Waals surface area contributed by atoms with E-state index in [1.807, 2.05) is 12.1 Å². The Morgan fingerprint density at radius 1 is 0.889 bits per heavy atom. The molecule has 0 spiro atoms. The third-order valence-electron chi connectivity index (χ3n) is 2.59. The van der Waals surface area contributed by atoms with Gasteiger partial charge in [0.1, 0.15) is 0 Å². The van der Waals surface area contributed by atoms with Crippen molar-refractivity contribution in [1.82, 2.24) is 0 Å². The molecule has 0 saturated heterocycles. The van der Waals surface area contributed by atoms with Gasteiger partial charge in [-0.05, 0) is 41.0 Å². The van der Waals surface area contributed by atoms with Crippen molar-refractivity contribution in [2.45, 2.75) is 6.54 Å². The fraction of sp³-hybridized carbons (Fsp3) is 0.0769. The van der Waals surface area contributed by atoms with Gasteiger partial charge in [0.05, 0.1) is 15.1 Å². The van der Waals surface area contributed by atoms with Gasteiger partial charge in [-0.25, -0.2) is 0 Å². The van der Waals surface area contributed by atoms with Crippen molar-refractivity contribution in [3.05, 3.63) is 56.0 Å². The Balaban J connectivity index is 2.65. The zero-order valence-corrected chi connectivity index (χ0v) is 12.2. The molecule has 0 aliphatic heterocycles. The van der Waals surface area contributed by atoms with E-state index in [0.717, 1.165) is 16.7 Å². The number of hydrogen-bond donors (Lipinski definition) is 1. The van der Waals surface area contributed by atoms with Gasteiger partial charge >= 0.3 is 0 Å². The Morgan fingerprint density at radius 3 is 2.06 bits per heavy atom. The fourth-order valence-corrected chi connectivity index (χ4v) is 2.47. The van der Waals surface area contributed by atoms with Gasteiger partial charge in [0.2, 0.25) is 0 Å². The molecule has 0 saturated carbocycles. The van der Waals surface area contributed by atoms with Crippen molar-refractivity contribution < 1.29 is 0 Å². The van der Waals surface area contributed by atoms with Gasteiger partial charge in [-0.3, -0.25) is 0 Å². The quantitative estimate of drug-likeness (QED) is 0.734. The first-order valence-corrected chi connectivity index (χ1v) is 6.67. The number of hydrogen-bond acceptors (Lipinski definition) is 1. The van der Waals surface area contributed by atoms with E-state index in [2.05, 4.69) is 0 Å². The Hall–Kier alpha value is -0.440. The van der Waals surface area contributed by atoms with Crippen LogP contribution in [-0.2, 0) is 6.54 Å². The summed E-state index contributed by atoms with van der Waals surface area (Å²) in [6.07, 6.45) is 0. The van der Waals surface area contributed by atoms with E-state index < -0.39 is 0 Å². The zero-order valence-electron chi connectivity index (χ0n) is 9.18. The minimum absolute atomic E-state index is 0.346. The summed E-state index contributed by atoms with van der Waals surface area (Å²) >= 11 is 24.0. The van der Waals surface area contributed by atoms with Crippen LogP contribution in [0.25, 0.3) is 11.1 Å². The van der Waals surface area contributed by atoms with E-state index >= 15 is 0 Å². The van der Waals surface area contributed by atoms with Crippen molar-refractivity contribution in [2.75, 3.05) is 0 Å². The number of halogens is 4. The number of rotatable bonds is 2. The van der Waals surface area contributed by atoms with Crippen LogP contribution in [0.3, 0.4) is 0 Å². The first-order chi connectivity index (χ1) is 8.52. The molecule has 2 rings (SSSR count). The van der Waals surface area contributed by atoms with E-state index in [4.69, 9.17) is 52.1 Å². The second-order valence-electron chi connectivity index (χ2n) is 3.76. The van der Waals surface area contributed by atoms with Crippen LogP contribution in [-0.4, -0.2) is 0 Å². The molecule has 0 aliphatic rings. The van der Waals surface area contributed by atoms with Gasteiger partial charge in [-0.1, -0.05) is 52.5 Å². The summed E-state index contributed by atoms with van der Waals surface area (Å²) in [7, 11) is 0. The molecular formula is C13H9Cl4N. The van der Waals surface area contributed by atoms with Crippen LogP contribution in [0.15, 0.2) is 30.3 Å². The SMILES string of the molecule is NCc1ccc(Cl)cc1-c1cc(Cl)c(Cl)c(Cl)c1. The Kier molecular flexibility index (Phi) is 4.41. The lowest BCUT2D eigenvalue weighted by Gasteiger charge is -2.10. The summed E-state index contributed by atoms with van der Waals surface area (Å²) in [5.41, 5.74) is 8.43. The van der Waals surface area contributed by atoms with Crippen molar-refractivity contribution in [1.29, 1.82) is 0 Å². The molecule has 0 amide bonds. The lowest BCUT2D eigenvalue weighted by molar-refractivity contribution is 1.07. The summed E-state index contributed by atoms with van der Waals surface area (Å²) in [6, 6.07) is 9.02. The highest BCUT2D eigenvalue weighted by Gasteiger charge is 2.10. The topological polar surface area (TPSA) is 26.0 Å². The summed E-state index contributed by atoms with van der Waals surface area (Å²) in [5.74, 6) is 0. The van der Waals surface area contributed by atoms with Gasteiger partial charge in [-0.2, -0.15) is 0 Å². The average Bonchev–Trinajstić information content (AvgIpc) is 2.35. The summed E-state index contributed by atoms with van der Waals surface area (Å²) in [5, 5.41) is 1.78. The maximum absolute atomic E-state index is 6.02. The summed E-state index contributed by atoms with van der Waals surface area (Å²) in [6.45, 7) is 0.407. The van der Waals surface area contributed by atoms with Crippen LogP contribution in [0, 0.1) is 0 Å². The molecule has 2 aromatic carbocycles. The molecule has 0 aromatic heterocycles. The van der Waals surface area contributed by atoms with E-state index in [1.165, 1.54) is 0 Å². The third-order valence-corrected chi connectivity index (χ3v) is 4.02. The molecule has 0 aliphatic carbocycles. The Morgan fingerprint density at radius 2 is 1.50 bits per heavy atom. The van der Waals surface area contributed by atoms with Gasteiger partial charge < -0.3 is 5.73 Å². The fourth-order valence-electron chi connectivity index (χ4n) is 1.71. The predicted molar refractivity (Wildman–Crippen MR) is 79.8 cm³/mol. The lowest BCUT2D eigenvalue weighted by atomic mass is 10.00. The van der Waals surface area contributed by atoms with Crippen LogP contribution in [0.5, 0.6) is 0 Å². The van der Waals surface area contributed by atoms with Crippen LogP contribution in [0.4, 0.5) is 0 Å². The molecule has 0 heterocycles. The lowest BCUT2D eigenvalue weighted by Crippen LogP contribution is -1.99. The molecule has 0 bridgehead atoms. The maximum Gasteiger partial charge on any atom is 0.0778 e. The first-order valence-electron chi connectivity index (χ1n) is 5.16. The van der Waals surface area contributed by atoms with Gasteiger partial charge in [0, 0.05) is 11.6 Å². The van der Waals surface area contributed by atoms with Crippen LogP contribution in [0.2, 0.25) is 20.1 Å². The third kappa shape index (κ3) is 2.76. The summed E-state index contributed by atoms with van der Waals surface area (Å²) < 4.78 is 0. The Bertz CT molecular complexity index is 573. The molecule has 2 aromatic rings. The molecule has 1 nitrogen and oxygen atoms in total. The van der Waals surface area contributed by atoms with Crippen LogP contribution < -0.4 is 5.73 Å². The monoisotopic (exact) mass is 319 g/mol. The number of nitrogens with two attached hydrogens (primary N) is 1. The Labute approximate surface area is 125 Å². The molecule has 0 unspecified atom stereocenters. The minimum atomic E-state index is 0.346. The largest absolute Gasteiger partial charge is 0.326 e. The van der Waals surface area contributed by atoms with E-state index in [-0.39, 0.29) is 0 Å². The molecule has 5 heteroatoms. The standard InChI is InChI=1S/C13H9Cl4N/c14-9-2-1-7(6-18)10(5-9)8-3-11(15)13(17)12(16)4-8/h1-5H,6,18H2. The molecule has 0 fully saturated rings. The number of benzene rings is 2. The normalized spacial score (nSPS) is 10.7. The smallest absolute Gasteiger partial charge is 0.0778 e. The van der Waals surface area contributed by atoms with Gasteiger partial charge in [0.25, 0.3) is 0 Å². The zero-order chi connectivity index (χ0) is 13.3. The van der Waals surface area contributed by atoms with E-state index in [0.29, 0.717) is 26.6 Å². The van der Waals surface area contributed by atoms with Crippen molar-refractivity contribution in [2.24, 2.45) is 5.73 Å². The van der Waals surface area contributed by atoms with Gasteiger partial charge in [-0.15, -0.1) is 0 Å². The van der Waals surface area contributed by atoms with E-state index in [1.54, 1.807) is 18.2 Å². The molecule has 0 atom stereocenters. The highest BCUT2D eigenvalue weighted by atomic mass is 35.5. The highest BCUT2D eigenvalue weighted by molar-refractivity contribution is 6.48. The maximum atomic E-state index is 6.02. The van der Waals surface area contributed by atoms with Crippen molar-refractivity contribution in [3.8, 4) is 11.1 Å². The second kappa shape index (κ2) is 5.68. The van der Waals surface area contributed by atoms with Crippen LogP contribution >= 0.6 is 46.4 Å². The van der Waals surface area contributed by atoms with E-state index in [9.17, 15) is 0 Å².